The van der Waals surface area contributed by atoms with E-state index in [0.717, 1.165) is 23.2 Å². The molecular weight excluding hydrogens is 350 g/mol. The van der Waals surface area contributed by atoms with Crippen LogP contribution in [0.25, 0.3) is 0 Å². The molecule has 3 unspecified atom stereocenters. The van der Waals surface area contributed by atoms with E-state index in [9.17, 15) is 9.59 Å². The molecule has 3 atom stereocenters. The molecule has 3 N–H and O–H groups in total. The fourth-order valence-corrected chi connectivity index (χ4v) is 4.65. The zero-order valence-corrected chi connectivity index (χ0v) is 16.4. The summed E-state index contributed by atoms with van der Waals surface area (Å²) in [5.41, 5.74) is 1.74. The minimum atomic E-state index is -0.989. The number of rotatable bonds is 5. The summed E-state index contributed by atoms with van der Waals surface area (Å²) in [5, 5.41) is 9.60. The van der Waals surface area contributed by atoms with Gasteiger partial charge in [-0.3, -0.25) is 14.9 Å². The van der Waals surface area contributed by atoms with Gasteiger partial charge in [0.05, 0.1) is 5.92 Å². The molecule has 2 aliphatic rings. The van der Waals surface area contributed by atoms with Crippen molar-refractivity contribution in [2.45, 2.75) is 44.8 Å². The van der Waals surface area contributed by atoms with Crippen LogP contribution in [0.2, 0.25) is 0 Å². The summed E-state index contributed by atoms with van der Waals surface area (Å²) in [7, 11) is 0. The number of hydrogen-bond donors (Lipinski definition) is 3. The lowest BCUT2D eigenvalue weighted by Crippen LogP contribution is -2.53. The summed E-state index contributed by atoms with van der Waals surface area (Å²) in [4.78, 5) is 26.4. The SMILES string of the molecule is CC(C)CC1CC(C(=O)NCc2ccccc2)C2(N1)C(=O)Nc1ccccc12. The number of nitrogens with one attached hydrogen (secondary N) is 3. The van der Waals surface area contributed by atoms with Crippen LogP contribution in [-0.4, -0.2) is 17.9 Å². The van der Waals surface area contributed by atoms with Gasteiger partial charge in [0.1, 0.15) is 5.54 Å². The number of anilines is 1. The topological polar surface area (TPSA) is 70.2 Å². The number of carbonyl (C=O) groups is 2. The van der Waals surface area contributed by atoms with E-state index in [-0.39, 0.29) is 17.9 Å². The molecule has 1 spiro atoms. The quantitative estimate of drug-likeness (QED) is 0.750. The highest BCUT2D eigenvalue weighted by molar-refractivity contribution is 6.09. The van der Waals surface area contributed by atoms with Crippen LogP contribution in [0.1, 0.15) is 37.8 Å². The average molecular weight is 377 g/mol. The summed E-state index contributed by atoms with van der Waals surface area (Å²) in [6.45, 7) is 4.80. The van der Waals surface area contributed by atoms with Crippen molar-refractivity contribution in [2.75, 3.05) is 5.32 Å². The number of benzene rings is 2. The highest BCUT2D eigenvalue weighted by Crippen LogP contribution is 2.47. The first kappa shape index (κ1) is 18.7. The summed E-state index contributed by atoms with van der Waals surface area (Å²) < 4.78 is 0. The van der Waals surface area contributed by atoms with Gasteiger partial charge in [0.2, 0.25) is 11.8 Å². The molecule has 2 aromatic rings. The van der Waals surface area contributed by atoms with Crippen LogP contribution in [0.3, 0.4) is 0 Å². The molecule has 1 fully saturated rings. The molecule has 2 amide bonds. The molecule has 146 valence electrons. The third-order valence-corrected chi connectivity index (χ3v) is 5.81. The van der Waals surface area contributed by atoms with Gasteiger partial charge in [0, 0.05) is 23.8 Å². The van der Waals surface area contributed by atoms with Crippen molar-refractivity contribution in [3.63, 3.8) is 0 Å². The summed E-state index contributed by atoms with van der Waals surface area (Å²) in [6, 6.07) is 17.7. The average Bonchev–Trinajstić information content (AvgIpc) is 3.19. The second-order valence-electron chi connectivity index (χ2n) is 8.27. The van der Waals surface area contributed by atoms with Gasteiger partial charge >= 0.3 is 0 Å². The van der Waals surface area contributed by atoms with Crippen molar-refractivity contribution in [3.8, 4) is 0 Å². The van der Waals surface area contributed by atoms with E-state index in [0.29, 0.717) is 18.9 Å². The maximum absolute atomic E-state index is 13.2. The van der Waals surface area contributed by atoms with Crippen LogP contribution in [0.5, 0.6) is 0 Å². The zero-order valence-electron chi connectivity index (χ0n) is 16.4. The van der Waals surface area contributed by atoms with Crippen molar-refractivity contribution in [3.05, 3.63) is 65.7 Å². The Bertz CT molecular complexity index is 880. The number of para-hydroxylation sites is 1. The lowest BCUT2D eigenvalue weighted by molar-refractivity contribution is -0.133. The van der Waals surface area contributed by atoms with Crippen molar-refractivity contribution < 1.29 is 9.59 Å². The monoisotopic (exact) mass is 377 g/mol. The maximum Gasteiger partial charge on any atom is 0.250 e. The van der Waals surface area contributed by atoms with Gasteiger partial charge in [-0.2, -0.15) is 0 Å². The Hall–Kier alpha value is -2.66. The molecule has 0 bridgehead atoms. The summed E-state index contributed by atoms with van der Waals surface area (Å²) in [5.74, 6) is -0.154. The third kappa shape index (κ3) is 3.20. The van der Waals surface area contributed by atoms with E-state index in [1.165, 1.54) is 0 Å². The minimum Gasteiger partial charge on any atom is -0.352 e. The standard InChI is InChI=1S/C23H27N3O2/c1-15(2)12-17-13-19(21(27)24-14-16-8-4-3-5-9-16)23(26-17)18-10-6-7-11-20(18)25-22(23)28/h3-11,15,17,19,26H,12-14H2,1-2H3,(H,24,27)(H,25,28). The Labute approximate surface area is 165 Å². The fourth-order valence-electron chi connectivity index (χ4n) is 4.65. The molecule has 0 saturated carbocycles. The Morgan fingerprint density at radius 2 is 1.86 bits per heavy atom. The molecule has 0 aromatic heterocycles. The first-order valence-electron chi connectivity index (χ1n) is 10.0. The number of carbonyl (C=O) groups excluding carboxylic acids is 2. The van der Waals surface area contributed by atoms with Crippen molar-refractivity contribution in [2.24, 2.45) is 11.8 Å². The van der Waals surface area contributed by atoms with Gasteiger partial charge in [0.25, 0.3) is 0 Å². The predicted molar refractivity (Wildman–Crippen MR) is 110 cm³/mol. The minimum absolute atomic E-state index is 0.0746. The highest BCUT2D eigenvalue weighted by Gasteiger charge is 2.59. The van der Waals surface area contributed by atoms with Gasteiger partial charge < -0.3 is 10.6 Å². The Morgan fingerprint density at radius 3 is 2.61 bits per heavy atom. The maximum atomic E-state index is 13.2. The first-order valence-corrected chi connectivity index (χ1v) is 10.0. The van der Waals surface area contributed by atoms with Crippen molar-refractivity contribution in [1.82, 2.24) is 10.6 Å². The number of hydrogen-bond acceptors (Lipinski definition) is 3. The molecular formula is C23H27N3O2. The van der Waals surface area contributed by atoms with Gasteiger partial charge in [-0.25, -0.2) is 0 Å². The lowest BCUT2D eigenvalue weighted by Gasteiger charge is -2.29. The lowest BCUT2D eigenvalue weighted by atomic mass is 9.79. The van der Waals surface area contributed by atoms with Crippen LogP contribution in [0.15, 0.2) is 54.6 Å². The predicted octanol–water partition coefficient (Wildman–Crippen LogP) is 3.17. The van der Waals surface area contributed by atoms with E-state index < -0.39 is 11.5 Å². The highest BCUT2D eigenvalue weighted by atomic mass is 16.2. The molecule has 1 saturated heterocycles. The molecule has 28 heavy (non-hydrogen) atoms. The van der Waals surface area contributed by atoms with E-state index in [1.807, 2.05) is 54.6 Å². The second kappa shape index (κ2) is 7.40. The first-order chi connectivity index (χ1) is 13.5. The fraction of sp³-hybridized carbons (Fsp3) is 0.391. The third-order valence-electron chi connectivity index (χ3n) is 5.81. The van der Waals surface area contributed by atoms with Crippen LogP contribution in [-0.2, 0) is 21.7 Å². The Balaban J connectivity index is 1.63. The van der Waals surface area contributed by atoms with Crippen LogP contribution >= 0.6 is 0 Å². The van der Waals surface area contributed by atoms with Gasteiger partial charge in [0.15, 0.2) is 0 Å². The number of fused-ring (bicyclic) bond motifs is 2. The molecule has 2 heterocycles. The molecule has 2 aromatic carbocycles. The molecule has 5 heteroatoms. The molecule has 2 aliphatic heterocycles. The summed E-state index contributed by atoms with van der Waals surface area (Å²) in [6.07, 6.45) is 1.58. The van der Waals surface area contributed by atoms with E-state index >= 15 is 0 Å². The van der Waals surface area contributed by atoms with Gasteiger partial charge in [-0.05, 0) is 30.4 Å². The van der Waals surface area contributed by atoms with E-state index in [1.54, 1.807) is 0 Å². The van der Waals surface area contributed by atoms with Crippen LogP contribution < -0.4 is 16.0 Å². The largest absolute Gasteiger partial charge is 0.352 e. The van der Waals surface area contributed by atoms with Crippen LogP contribution in [0.4, 0.5) is 5.69 Å². The van der Waals surface area contributed by atoms with Gasteiger partial charge in [-0.15, -0.1) is 0 Å². The van der Waals surface area contributed by atoms with E-state index in [2.05, 4.69) is 29.8 Å². The summed E-state index contributed by atoms with van der Waals surface area (Å²) >= 11 is 0. The Kier molecular flexibility index (Phi) is 4.94. The normalized spacial score (nSPS) is 25.8. The van der Waals surface area contributed by atoms with Crippen LogP contribution in [0, 0.1) is 11.8 Å². The number of amides is 2. The van der Waals surface area contributed by atoms with Gasteiger partial charge in [-0.1, -0.05) is 62.4 Å². The second-order valence-corrected chi connectivity index (χ2v) is 8.27. The smallest absolute Gasteiger partial charge is 0.250 e. The van der Waals surface area contributed by atoms with Crippen molar-refractivity contribution in [1.29, 1.82) is 0 Å². The van der Waals surface area contributed by atoms with E-state index in [4.69, 9.17) is 0 Å². The zero-order chi connectivity index (χ0) is 19.7. The van der Waals surface area contributed by atoms with Crippen molar-refractivity contribution >= 4 is 17.5 Å². The molecule has 5 nitrogen and oxygen atoms in total. The Morgan fingerprint density at radius 1 is 1.14 bits per heavy atom. The molecule has 0 radical (unpaired) electrons. The molecule has 0 aliphatic carbocycles. The molecule has 4 rings (SSSR count).